The Morgan fingerprint density at radius 1 is 1.41 bits per heavy atom. The topological polar surface area (TPSA) is 85.8 Å². The van der Waals surface area contributed by atoms with E-state index in [4.69, 9.17) is 16.1 Å². The largest absolute Gasteiger partial charge is 0.360 e. The van der Waals surface area contributed by atoms with Gasteiger partial charge < -0.3 is 9.84 Å². The number of amides is 1. The highest BCUT2D eigenvalue weighted by Crippen LogP contribution is 2.20. The number of carbonyl (C=O) groups is 1. The van der Waals surface area contributed by atoms with Crippen molar-refractivity contribution in [3.8, 4) is 11.3 Å². The summed E-state index contributed by atoms with van der Waals surface area (Å²) in [5.74, 6) is 0.729. The van der Waals surface area contributed by atoms with E-state index in [-0.39, 0.29) is 12.5 Å². The van der Waals surface area contributed by atoms with E-state index in [0.717, 1.165) is 5.56 Å². The molecule has 1 amide bonds. The van der Waals surface area contributed by atoms with Gasteiger partial charge in [-0.25, -0.2) is 4.68 Å². The highest BCUT2D eigenvalue weighted by molar-refractivity contribution is 6.30. The van der Waals surface area contributed by atoms with Crippen molar-refractivity contribution in [1.82, 2.24) is 20.2 Å². The lowest BCUT2D eigenvalue weighted by molar-refractivity contribution is -0.117. The molecule has 8 heteroatoms. The second-order valence-corrected chi connectivity index (χ2v) is 5.12. The van der Waals surface area contributed by atoms with Gasteiger partial charge in [-0.3, -0.25) is 4.79 Å². The van der Waals surface area contributed by atoms with Crippen molar-refractivity contribution >= 4 is 23.3 Å². The molecule has 0 saturated carbocycles. The number of hydrogen-bond acceptors (Lipinski definition) is 5. The van der Waals surface area contributed by atoms with Crippen LogP contribution >= 0.6 is 11.6 Å². The SMILES string of the molecule is Cc1cc(NC(=O)Cn2cc(-c3cccc(Cl)c3)nn2)no1. The van der Waals surface area contributed by atoms with Crippen LogP contribution in [0.4, 0.5) is 5.82 Å². The summed E-state index contributed by atoms with van der Waals surface area (Å²) >= 11 is 5.94. The van der Waals surface area contributed by atoms with Crippen LogP contribution in [0.2, 0.25) is 5.02 Å². The number of nitrogens with zero attached hydrogens (tertiary/aromatic N) is 4. The Balaban J connectivity index is 1.67. The molecule has 0 aliphatic heterocycles. The fourth-order valence-corrected chi connectivity index (χ4v) is 2.10. The molecule has 0 unspecified atom stereocenters. The summed E-state index contributed by atoms with van der Waals surface area (Å²) in [6.45, 7) is 1.77. The van der Waals surface area contributed by atoms with E-state index in [0.29, 0.717) is 22.3 Å². The number of hydrogen-bond donors (Lipinski definition) is 1. The molecule has 3 rings (SSSR count). The minimum absolute atomic E-state index is 0.0273. The summed E-state index contributed by atoms with van der Waals surface area (Å²) in [4.78, 5) is 11.9. The quantitative estimate of drug-likeness (QED) is 0.799. The maximum absolute atomic E-state index is 11.9. The zero-order valence-electron chi connectivity index (χ0n) is 11.7. The number of nitrogens with one attached hydrogen (secondary N) is 1. The van der Waals surface area contributed by atoms with Gasteiger partial charge in [-0.15, -0.1) is 5.10 Å². The van der Waals surface area contributed by atoms with Gasteiger partial charge in [0.2, 0.25) is 5.91 Å². The minimum Gasteiger partial charge on any atom is -0.360 e. The van der Waals surface area contributed by atoms with Crippen molar-refractivity contribution < 1.29 is 9.32 Å². The first-order valence-corrected chi connectivity index (χ1v) is 6.87. The Labute approximate surface area is 130 Å². The molecule has 7 nitrogen and oxygen atoms in total. The Morgan fingerprint density at radius 3 is 3.00 bits per heavy atom. The Kier molecular flexibility index (Phi) is 3.88. The predicted octanol–water partition coefficient (Wildman–Crippen LogP) is 2.53. The van der Waals surface area contributed by atoms with E-state index in [9.17, 15) is 4.79 Å². The van der Waals surface area contributed by atoms with E-state index in [2.05, 4.69) is 20.8 Å². The average Bonchev–Trinajstić information content (AvgIpc) is 3.08. The summed E-state index contributed by atoms with van der Waals surface area (Å²) in [7, 11) is 0. The van der Waals surface area contributed by atoms with E-state index in [1.54, 1.807) is 31.3 Å². The van der Waals surface area contributed by atoms with Crippen LogP contribution in [-0.4, -0.2) is 26.1 Å². The molecule has 3 aromatic rings. The number of aromatic nitrogens is 4. The van der Waals surface area contributed by atoms with Crippen LogP contribution in [0.1, 0.15) is 5.76 Å². The van der Waals surface area contributed by atoms with Gasteiger partial charge in [-0.1, -0.05) is 34.1 Å². The highest BCUT2D eigenvalue weighted by atomic mass is 35.5. The van der Waals surface area contributed by atoms with Gasteiger partial charge in [-0.2, -0.15) is 0 Å². The van der Waals surface area contributed by atoms with Crippen LogP contribution in [0.3, 0.4) is 0 Å². The van der Waals surface area contributed by atoms with Crippen LogP contribution in [0, 0.1) is 6.92 Å². The van der Waals surface area contributed by atoms with Gasteiger partial charge in [0.25, 0.3) is 0 Å². The number of halogens is 1. The van der Waals surface area contributed by atoms with Crippen molar-refractivity contribution in [2.75, 3.05) is 5.32 Å². The molecule has 2 heterocycles. The molecule has 0 aliphatic rings. The zero-order valence-corrected chi connectivity index (χ0v) is 12.4. The van der Waals surface area contributed by atoms with Crippen LogP contribution in [0.5, 0.6) is 0 Å². The Morgan fingerprint density at radius 2 is 2.27 bits per heavy atom. The summed E-state index contributed by atoms with van der Waals surface area (Å²) in [5, 5.41) is 14.9. The average molecular weight is 318 g/mol. The molecule has 112 valence electrons. The summed E-state index contributed by atoms with van der Waals surface area (Å²) in [6, 6.07) is 8.91. The normalized spacial score (nSPS) is 10.6. The second kappa shape index (κ2) is 5.98. The standard InChI is InChI=1S/C14H12ClN5O2/c1-9-5-13(18-22-9)16-14(21)8-20-7-12(17-19-20)10-3-2-4-11(15)6-10/h2-7H,8H2,1H3,(H,16,18,21). The number of anilines is 1. The van der Waals surface area contributed by atoms with E-state index < -0.39 is 0 Å². The van der Waals surface area contributed by atoms with Gasteiger partial charge in [0, 0.05) is 16.7 Å². The molecule has 2 aromatic heterocycles. The lowest BCUT2D eigenvalue weighted by Crippen LogP contribution is -2.19. The number of aryl methyl sites for hydroxylation is 1. The predicted molar refractivity (Wildman–Crippen MR) is 80.3 cm³/mol. The first-order chi connectivity index (χ1) is 10.6. The zero-order chi connectivity index (χ0) is 15.5. The molecule has 1 aromatic carbocycles. The van der Waals surface area contributed by atoms with Crippen LogP contribution < -0.4 is 5.32 Å². The van der Waals surface area contributed by atoms with Crippen LogP contribution in [-0.2, 0) is 11.3 Å². The highest BCUT2D eigenvalue weighted by Gasteiger charge is 2.10. The van der Waals surface area contributed by atoms with Gasteiger partial charge in [0.15, 0.2) is 5.82 Å². The third kappa shape index (κ3) is 3.32. The molecule has 0 saturated heterocycles. The maximum Gasteiger partial charge on any atom is 0.247 e. The van der Waals surface area contributed by atoms with Gasteiger partial charge in [0.1, 0.15) is 18.0 Å². The Hall–Kier alpha value is -2.67. The van der Waals surface area contributed by atoms with Gasteiger partial charge in [0.05, 0.1) is 6.20 Å². The van der Waals surface area contributed by atoms with Gasteiger partial charge >= 0.3 is 0 Å². The molecule has 1 N–H and O–H groups in total. The molecule has 22 heavy (non-hydrogen) atoms. The van der Waals surface area contributed by atoms with Crippen molar-refractivity contribution in [3.05, 3.63) is 47.3 Å². The molecule has 0 spiro atoms. The summed E-state index contributed by atoms with van der Waals surface area (Å²) in [6.07, 6.45) is 1.68. The fourth-order valence-electron chi connectivity index (χ4n) is 1.91. The number of carbonyl (C=O) groups excluding carboxylic acids is 1. The fraction of sp³-hybridized carbons (Fsp3) is 0.143. The van der Waals surface area contributed by atoms with E-state index in [1.807, 2.05) is 12.1 Å². The molecular weight excluding hydrogens is 306 g/mol. The second-order valence-electron chi connectivity index (χ2n) is 4.68. The van der Waals surface area contributed by atoms with Crippen molar-refractivity contribution in [1.29, 1.82) is 0 Å². The molecule has 0 radical (unpaired) electrons. The third-order valence-corrected chi connectivity index (χ3v) is 3.10. The summed E-state index contributed by atoms with van der Waals surface area (Å²) < 4.78 is 6.32. The lowest BCUT2D eigenvalue weighted by atomic mass is 10.2. The van der Waals surface area contributed by atoms with Crippen LogP contribution in [0.25, 0.3) is 11.3 Å². The number of rotatable bonds is 4. The first-order valence-electron chi connectivity index (χ1n) is 6.49. The van der Waals surface area contributed by atoms with Crippen molar-refractivity contribution in [2.45, 2.75) is 13.5 Å². The van der Waals surface area contributed by atoms with Crippen molar-refractivity contribution in [2.24, 2.45) is 0 Å². The van der Waals surface area contributed by atoms with Crippen molar-refractivity contribution in [3.63, 3.8) is 0 Å². The Bertz CT molecular complexity index is 811. The smallest absolute Gasteiger partial charge is 0.247 e. The number of benzene rings is 1. The monoisotopic (exact) mass is 317 g/mol. The third-order valence-electron chi connectivity index (χ3n) is 2.86. The van der Waals surface area contributed by atoms with Gasteiger partial charge in [-0.05, 0) is 19.1 Å². The molecule has 0 bridgehead atoms. The van der Waals surface area contributed by atoms with E-state index in [1.165, 1.54) is 4.68 Å². The maximum atomic E-state index is 11.9. The molecular formula is C14H12ClN5O2. The minimum atomic E-state index is -0.268. The molecule has 0 fully saturated rings. The lowest BCUT2D eigenvalue weighted by Gasteiger charge is -2.00. The summed E-state index contributed by atoms with van der Waals surface area (Å²) in [5.41, 5.74) is 1.49. The first kappa shape index (κ1) is 14.3. The molecule has 0 atom stereocenters. The molecule has 0 aliphatic carbocycles. The van der Waals surface area contributed by atoms with Crippen LogP contribution in [0.15, 0.2) is 41.1 Å². The van der Waals surface area contributed by atoms with E-state index >= 15 is 0 Å².